The van der Waals surface area contributed by atoms with Crippen LogP contribution in [0.2, 0.25) is 0 Å². The average molecular weight is 343 g/mol. The van der Waals surface area contributed by atoms with Gasteiger partial charge >= 0.3 is 5.97 Å². The molecule has 5 nitrogen and oxygen atoms in total. The molecule has 1 aromatic heterocycles. The third-order valence-corrected chi connectivity index (χ3v) is 8.46. The number of rotatable bonds is 4. The number of sulfonamides is 1. The number of carboxylic acid groups (broad SMARTS) is 1. The molecule has 2 fully saturated rings. The molecule has 3 unspecified atom stereocenters. The number of aryl methyl sites for hydroxylation is 1. The van der Waals surface area contributed by atoms with Crippen LogP contribution >= 0.6 is 11.3 Å². The molecule has 3 rings (SSSR count). The lowest BCUT2D eigenvalue weighted by Gasteiger charge is -2.31. The van der Waals surface area contributed by atoms with E-state index in [1.165, 1.54) is 15.6 Å². The van der Waals surface area contributed by atoms with Crippen LogP contribution in [0.3, 0.4) is 0 Å². The van der Waals surface area contributed by atoms with E-state index in [-0.39, 0.29) is 16.2 Å². The molecule has 7 heteroatoms. The standard InChI is InChI=1S/C15H21NO4S2/c1-2-11-7-8-14(21-11)22(19,20)16-12-6-4-3-5-10(12)9-13(16)15(17)18/h7-8,10,12-13H,2-6,9H2,1H3,(H,17,18). The van der Waals surface area contributed by atoms with Crippen molar-refractivity contribution in [2.45, 2.75) is 61.7 Å². The molecule has 1 saturated carbocycles. The fourth-order valence-corrected chi connectivity index (χ4v) is 7.03. The summed E-state index contributed by atoms with van der Waals surface area (Å²) < 4.78 is 27.6. The monoisotopic (exact) mass is 343 g/mol. The molecular formula is C15H21NO4S2. The van der Waals surface area contributed by atoms with E-state index in [1.54, 1.807) is 6.07 Å². The Bertz CT molecular complexity index is 667. The van der Waals surface area contributed by atoms with Crippen LogP contribution in [0.4, 0.5) is 0 Å². The molecule has 2 aliphatic rings. The number of hydrogen-bond donors (Lipinski definition) is 1. The van der Waals surface area contributed by atoms with Crippen LogP contribution in [0, 0.1) is 5.92 Å². The largest absolute Gasteiger partial charge is 0.480 e. The van der Waals surface area contributed by atoms with E-state index in [1.807, 2.05) is 13.0 Å². The Morgan fingerprint density at radius 3 is 2.73 bits per heavy atom. The highest BCUT2D eigenvalue weighted by molar-refractivity contribution is 7.91. The van der Waals surface area contributed by atoms with E-state index in [0.717, 1.165) is 37.0 Å². The van der Waals surface area contributed by atoms with Gasteiger partial charge in [-0.05, 0) is 43.7 Å². The van der Waals surface area contributed by atoms with Crippen molar-refractivity contribution in [2.24, 2.45) is 5.92 Å². The molecule has 0 spiro atoms. The number of hydrogen-bond acceptors (Lipinski definition) is 4. The Kier molecular flexibility index (Phi) is 4.31. The molecule has 0 bridgehead atoms. The van der Waals surface area contributed by atoms with Gasteiger partial charge in [-0.15, -0.1) is 11.3 Å². The van der Waals surface area contributed by atoms with E-state index in [4.69, 9.17) is 0 Å². The summed E-state index contributed by atoms with van der Waals surface area (Å²) >= 11 is 1.26. The van der Waals surface area contributed by atoms with Crippen LogP contribution in [0.15, 0.2) is 16.3 Å². The van der Waals surface area contributed by atoms with Gasteiger partial charge in [0.25, 0.3) is 10.0 Å². The van der Waals surface area contributed by atoms with Gasteiger partial charge < -0.3 is 5.11 Å². The summed E-state index contributed by atoms with van der Waals surface area (Å²) in [5, 5.41) is 9.49. The van der Waals surface area contributed by atoms with Crippen LogP contribution in [0.5, 0.6) is 0 Å². The van der Waals surface area contributed by atoms with Crippen molar-refractivity contribution >= 4 is 27.3 Å². The number of thiophene rings is 1. The fraction of sp³-hybridized carbons (Fsp3) is 0.667. The topological polar surface area (TPSA) is 74.7 Å². The molecule has 0 radical (unpaired) electrons. The summed E-state index contributed by atoms with van der Waals surface area (Å²) in [5.41, 5.74) is 0. The molecular weight excluding hydrogens is 322 g/mol. The summed E-state index contributed by atoms with van der Waals surface area (Å²) in [5.74, 6) is -0.833. The number of nitrogens with zero attached hydrogens (tertiary/aromatic N) is 1. The number of carbonyl (C=O) groups is 1. The summed E-state index contributed by atoms with van der Waals surface area (Å²) in [6, 6.07) is 2.38. The Balaban J connectivity index is 1.99. The van der Waals surface area contributed by atoms with Gasteiger partial charge in [-0.25, -0.2) is 8.42 Å². The number of fused-ring (bicyclic) bond motifs is 1. The Labute approximate surface area is 135 Å². The summed E-state index contributed by atoms with van der Waals surface area (Å²) in [7, 11) is -3.72. The minimum absolute atomic E-state index is 0.146. The van der Waals surface area contributed by atoms with Gasteiger partial charge in [0.1, 0.15) is 10.3 Å². The molecule has 2 heterocycles. The molecule has 122 valence electrons. The molecule has 3 atom stereocenters. The first-order chi connectivity index (χ1) is 10.4. The highest BCUT2D eigenvalue weighted by Gasteiger charge is 2.51. The normalized spacial score (nSPS) is 29.4. The van der Waals surface area contributed by atoms with Crippen LogP contribution in [-0.4, -0.2) is 35.9 Å². The first-order valence-corrected chi connectivity index (χ1v) is 10.1. The smallest absolute Gasteiger partial charge is 0.322 e. The maximum absolute atomic E-state index is 13.0. The SMILES string of the molecule is CCc1ccc(S(=O)(=O)N2C(C(=O)O)CC3CCCCC32)s1. The summed E-state index contributed by atoms with van der Waals surface area (Å²) in [6.07, 6.45) is 5.00. The zero-order valence-corrected chi connectivity index (χ0v) is 14.2. The maximum Gasteiger partial charge on any atom is 0.322 e. The molecule has 1 aliphatic carbocycles. The molecule has 0 amide bonds. The predicted octanol–water partition coefficient (Wildman–Crippen LogP) is 2.72. The highest BCUT2D eigenvalue weighted by Crippen LogP contribution is 2.43. The van der Waals surface area contributed by atoms with Crippen LogP contribution < -0.4 is 0 Å². The van der Waals surface area contributed by atoms with Crippen molar-refractivity contribution in [3.63, 3.8) is 0 Å². The van der Waals surface area contributed by atoms with Crippen molar-refractivity contribution < 1.29 is 18.3 Å². The van der Waals surface area contributed by atoms with Gasteiger partial charge in [0.05, 0.1) is 0 Å². The van der Waals surface area contributed by atoms with E-state index < -0.39 is 22.0 Å². The van der Waals surface area contributed by atoms with Crippen molar-refractivity contribution in [1.82, 2.24) is 4.31 Å². The van der Waals surface area contributed by atoms with Gasteiger partial charge in [0, 0.05) is 10.9 Å². The third-order valence-electron chi connectivity index (χ3n) is 4.83. The Morgan fingerprint density at radius 1 is 1.36 bits per heavy atom. The van der Waals surface area contributed by atoms with Gasteiger partial charge in [-0.2, -0.15) is 4.31 Å². The van der Waals surface area contributed by atoms with Crippen molar-refractivity contribution in [2.75, 3.05) is 0 Å². The molecule has 1 N–H and O–H groups in total. The van der Waals surface area contributed by atoms with Crippen molar-refractivity contribution in [3.8, 4) is 0 Å². The Hall–Kier alpha value is -0.920. The molecule has 0 aromatic carbocycles. The summed E-state index contributed by atoms with van der Waals surface area (Å²) in [4.78, 5) is 12.6. The zero-order valence-electron chi connectivity index (χ0n) is 12.6. The first kappa shape index (κ1) is 16.0. The Morgan fingerprint density at radius 2 is 2.09 bits per heavy atom. The lowest BCUT2D eigenvalue weighted by atomic mass is 9.85. The van der Waals surface area contributed by atoms with Crippen LogP contribution in [-0.2, 0) is 21.2 Å². The molecule has 22 heavy (non-hydrogen) atoms. The van der Waals surface area contributed by atoms with Crippen molar-refractivity contribution in [3.05, 3.63) is 17.0 Å². The van der Waals surface area contributed by atoms with Crippen LogP contribution in [0.1, 0.15) is 43.9 Å². The fourth-order valence-electron chi connectivity index (χ4n) is 3.77. The quantitative estimate of drug-likeness (QED) is 0.912. The van der Waals surface area contributed by atoms with Crippen LogP contribution in [0.25, 0.3) is 0 Å². The second kappa shape index (κ2) is 5.94. The zero-order chi connectivity index (χ0) is 15.9. The maximum atomic E-state index is 13.0. The second-order valence-corrected chi connectivity index (χ2v) is 9.35. The third kappa shape index (κ3) is 2.59. The number of aliphatic carboxylic acids is 1. The molecule has 1 aliphatic heterocycles. The van der Waals surface area contributed by atoms with Gasteiger partial charge in [-0.1, -0.05) is 19.8 Å². The highest BCUT2D eigenvalue weighted by atomic mass is 32.2. The van der Waals surface area contributed by atoms with E-state index in [9.17, 15) is 18.3 Å². The number of carboxylic acids is 1. The van der Waals surface area contributed by atoms with E-state index >= 15 is 0 Å². The molecule has 1 saturated heterocycles. The van der Waals surface area contributed by atoms with E-state index in [2.05, 4.69) is 0 Å². The van der Waals surface area contributed by atoms with Gasteiger partial charge in [-0.3, -0.25) is 4.79 Å². The lowest BCUT2D eigenvalue weighted by molar-refractivity contribution is -0.140. The second-order valence-electron chi connectivity index (χ2n) is 6.11. The summed E-state index contributed by atoms with van der Waals surface area (Å²) in [6.45, 7) is 1.98. The predicted molar refractivity (Wildman–Crippen MR) is 84.5 cm³/mol. The average Bonchev–Trinajstić information content (AvgIpc) is 3.12. The minimum atomic E-state index is -3.72. The van der Waals surface area contributed by atoms with Gasteiger partial charge in [0.15, 0.2) is 0 Å². The minimum Gasteiger partial charge on any atom is -0.480 e. The lowest BCUT2D eigenvalue weighted by Crippen LogP contribution is -2.45. The van der Waals surface area contributed by atoms with E-state index in [0.29, 0.717) is 6.42 Å². The molecule has 1 aromatic rings. The van der Waals surface area contributed by atoms with Crippen molar-refractivity contribution in [1.29, 1.82) is 0 Å². The van der Waals surface area contributed by atoms with Gasteiger partial charge in [0.2, 0.25) is 0 Å². The first-order valence-electron chi connectivity index (χ1n) is 7.80.